The first-order chi connectivity index (χ1) is 12.8. The number of piperidine rings is 1. The number of hydrogen-bond acceptors (Lipinski definition) is 4. The molecule has 1 aromatic carbocycles. The molecule has 2 atom stereocenters. The highest BCUT2D eigenvalue weighted by atomic mass is 35.5. The molecule has 0 bridgehead atoms. The van der Waals surface area contributed by atoms with Gasteiger partial charge in [-0.3, -0.25) is 4.79 Å². The molecule has 1 aliphatic rings. The van der Waals surface area contributed by atoms with Gasteiger partial charge in [0.25, 0.3) is 0 Å². The summed E-state index contributed by atoms with van der Waals surface area (Å²) in [5, 5.41) is 3.26. The van der Waals surface area contributed by atoms with Gasteiger partial charge >= 0.3 is 0 Å². The number of carbonyl (C=O) groups is 1. The molecular weight excluding hydrogens is 388 g/mol. The molecule has 0 aliphatic carbocycles. The van der Waals surface area contributed by atoms with Gasteiger partial charge in [-0.2, -0.15) is 4.31 Å². The van der Waals surface area contributed by atoms with Crippen LogP contribution in [0.15, 0.2) is 23.1 Å². The van der Waals surface area contributed by atoms with Crippen LogP contribution in [0.2, 0.25) is 5.02 Å². The van der Waals surface area contributed by atoms with Crippen molar-refractivity contribution in [3.63, 3.8) is 0 Å². The van der Waals surface area contributed by atoms with Crippen LogP contribution in [-0.2, 0) is 14.8 Å². The Kier molecular flexibility index (Phi) is 7.94. The molecule has 0 spiro atoms. The third-order valence-corrected chi connectivity index (χ3v) is 6.86. The minimum atomic E-state index is -3.71. The summed E-state index contributed by atoms with van der Waals surface area (Å²) in [6.07, 6.45) is 3.25. The Bertz CT molecular complexity index is 754. The van der Waals surface area contributed by atoms with E-state index in [1.807, 2.05) is 13.8 Å². The first kappa shape index (κ1) is 22.0. The molecule has 2 rings (SSSR count). The summed E-state index contributed by atoms with van der Waals surface area (Å²) < 4.78 is 32.7. The minimum Gasteiger partial charge on any atom is -0.492 e. The molecule has 0 unspecified atom stereocenters. The first-order valence-corrected chi connectivity index (χ1v) is 11.3. The quantitative estimate of drug-likeness (QED) is 0.704. The van der Waals surface area contributed by atoms with Gasteiger partial charge in [0.15, 0.2) is 0 Å². The SMILES string of the molecule is CCC[C@@H](C)NC(=O)[C@@H]1CCCN(S(=O)(=O)c2ccc(OCC)c(Cl)c2)C1. The molecule has 27 heavy (non-hydrogen) atoms. The van der Waals surface area contributed by atoms with Crippen LogP contribution in [0, 0.1) is 5.92 Å². The first-order valence-electron chi connectivity index (χ1n) is 9.52. The number of sulfonamides is 1. The van der Waals surface area contributed by atoms with Crippen molar-refractivity contribution in [1.82, 2.24) is 9.62 Å². The maximum atomic E-state index is 13.0. The lowest BCUT2D eigenvalue weighted by atomic mass is 9.98. The zero-order valence-corrected chi connectivity index (χ0v) is 17.8. The Morgan fingerprint density at radius 2 is 2.15 bits per heavy atom. The van der Waals surface area contributed by atoms with Gasteiger partial charge in [0.1, 0.15) is 5.75 Å². The molecule has 1 aliphatic heterocycles. The van der Waals surface area contributed by atoms with Crippen LogP contribution in [0.25, 0.3) is 0 Å². The van der Waals surface area contributed by atoms with Crippen LogP contribution in [0.5, 0.6) is 5.75 Å². The summed E-state index contributed by atoms with van der Waals surface area (Å²) in [4.78, 5) is 12.6. The second-order valence-corrected chi connectivity index (χ2v) is 9.27. The molecule has 1 N–H and O–H groups in total. The molecule has 1 amide bonds. The Balaban J connectivity index is 2.12. The highest BCUT2D eigenvalue weighted by Gasteiger charge is 2.33. The lowest BCUT2D eigenvalue weighted by molar-refractivity contribution is -0.126. The summed E-state index contributed by atoms with van der Waals surface area (Å²) >= 11 is 6.15. The molecule has 0 radical (unpaired) electrons. The van der Waals surface area contributed by atoms with Gasteiger partial charge in [-0.1, -0.05) is 24.9 Å². The molecule has 152 valence electrons. The zero-order chi connectivity index (χ0) is 20.0. The van der Waals surface area contributed by atoms with E-state index < -0.39 is 10.0 Å². The standard InChI is InChI=1S/C19H29ClN2O4S/c1-4-7-14(3)21-19(23)15-8-6-11-22(13-15)27(24,25)16-9-10-18(26-5-2)17(20)12-16/h9-10,12,14-15H,4-8,11,13H2,1-3H3,(H,21,23)/t14-,15-/m1/s1. The van der Waals surface area contributed by atoms with E-state index in [1.54, 1.807) is 6.07 Å². The Morgan fingerprint density at radius 3 is 2.78 bits per heavy atom. The number of nitrogens with zero attached hydrogens (tertiary/aromatic N) is 1. The average molecular weight is 417 g/mol. The van der Waals surface area contributed by atoms with Gasteiger partial charge in [0.2, 0.25) is 15.9 Å². The highest BCUT2D eigenvalue weighted by Crippen LogP contribution is 2.30. The molecule has 1 aromatic rings. The van der Waals surface area contributed by atoms with Gasteiger partial charge in [-0.25, -0.2) is 8.42 Å². The molecular formula is C19H29ClN2O4S. The van der Waals surface area contributed by atoms with Crippen LogP contribution in [0.4, 0.5) is 0 Å². The second kappa shape index (κ2) is 9.75. The molecule has 8 heteroatoms. The second-order valence-electron chi connectivity index (χ2n) is 6.93. The fourth-order valence-corrected chi connectivity index (χ4v) is 5.15. The van der Waals surface area contributed by atoms with Crippen LogP contribution < -0.4 is 10.1 Å². The van der Waals surface area contributed by atoms with Crippen molar-refractivity contribution in [2.24, 2.45) is 5.92 Å². The summed E-state index contributed by atoms with van der Waals surface area (Å²) in [7, 11) is -3.71. The fourth-order valence-electron chi connectivity index (χ4n) is 3.30. The van der Waals surface area contributed by atoms with Crippen LogP contribution in [0.3, 0.4) is 0 Å². The number of ether oxygens (including phenoxy) is 1. The number of amides is 1. The van der Waals surface area contributed by atoms with E-state index in [4.69, 9.17) is 16.3 Å². The number of halogens is 1. The Labute approximate surface area is 167 Å². The third-order valence-electron chi connectivity index (χ3n) is 4.71. The van der Waals surface area contributed by atoms with Crippen LogP contribution >= 0.6 is 11.6 Å². The molecule has 1 fully saturated rings. The number of benzene rings is 1. The average Bonchev–Trinajstić information content (AvgIpc) is 2.63. The number of carbonyl (C=O) groups excluding carboxylic acids is 1. The van der Waals surface area contributed by atoms with Crippen molar-refractivity contribution in [3.8, 4) is 5.75 Å². The predicted octanol–water partition coefficient (Wildman–Crippen LogP) is 3.44. The number of nitrogens with one attached hydrogen (secondary N) is 1. The monoisotopic (exact) mass is 416 g/mol. The van der Waals surface area contributed by atoms with Crippen molar-refractivity contribution in [1.29, 1.82) is 0 Å². The van der Waals surface area contributed by atoms with Crippen molar-refractivity contribution >= 4 is 27.5 Å². The third kappa shape index (κ3) is 5.59. The van der Waals surface area contributed by atoms with E-state index in [-0.39, 0.29) is 34.3 Å². The van der Waals surface area contributed by atoms with Crippen molar-refractivity contribution in [2.75, 3.05) is 19.7 Å². The van der Waals surface area contributed by atoms with Crippen molar-refractivity contribution in [2.45, 2.75) is 57.4 Å². The molecule has 6 nitrogen and oxygen atoms in total. The van der Waals surface area contributed by atoms with Crippen molar-refractivity contribution in [3.05, 3.63) is 23.2 Å². The largest absolute Gasteiger partial charge is 0.492 e. The summed E-state index contributed by atoms with van der Waals surface area (Å²) in [6, 6.07) is 4.58. The van der Waals surface area contributed by atoms with Crippen molar-refractivity contribution < 1.29 is 17.9 Å². The maximum absolute atomic E-state index is 13.0. The van der Waals surface area contributed by atoms with E-state index in [9.17, 15) is 13.2 Å². The van der Waals surface area contributed by atoms with Gasteiger partial charge in [-0.15, -0.1) is 0 Å². The van der Waals surface area contributed by atoms with E-state index in [0.717, 1.165) is 12.8 Å². The number of hydrogen-bond donors (Lipinski definition) is 1. The predicted molar refractivity (Wildman–Crippen MR) is 107 cm³/mol. The maximum Gasteiger partial charge on any atom is 0.243 e. The molecule has 1 saturated heterocycles. The van der Waals surface area contributed by atoms with Gasteiger partial charge in [-0.05, 0) is 51.3 Å². The topological polar surface area (TPSA) is 75.7 Å². The summed E-state index contributed by atoms with van der Waals surface area (Å²) in [5.41, 5.74) is 0. The van der Waals surface area contributed by atoms with Gasteiger partial charge in [0, 0.05) is 19.1 Å². The van der Waals surface area contributed by atoms with E-state index in [2.05, 4.69) is 12.2 Å². The lowest BCUT2D eigenvalue weighted by Gasteiger charge is -2.32. The van der Waals surface area contributed by atoms with Crippen LogP contribution in [-0.4, -0.2) is 44.4 Å². The summed E-state index contributed by atoms with van der Waals surface area (Å²) in [5.74, 6) is 0.0607. The summed E-state index contributed by atoms with van der Waals surface area (Å²) in [6.45, 7) is 6.92. The van der Waals surface area contributed by atoms with E-state index >= 15 is 0 Å². The highest BCUT2D eigenvalue weighted by molar-refractivity contribution is 7.89. The van der Waals surface area contributed by atoms with Gasteiger partial charge < -0.3 is 10.1 Å². The molecule has 0 aromatic heterocycles. The fraction of sp³-hybridized carbons (Fsp3) is 0.632. The minimum absolute atomic E-state index is 0.0689. The van der Waals surface area contributed by atoms with Crippen LogP contribution in [0.1, 0.15) is 46.5 Å². The van der Waals surface area contributed by atoms with E-state index in [0.29, 0.717) is 31.7 Å². The lowest BCUT2D eigenvalue weighted by Crippen LogP contribution is -2.47. The normalized spacial score (nSPS) is 19.5. The Hall–Kier alpha value is -1.31. The smallest absolute Gasteiger partial charge is 0.243 e. The zero-order valence-electron chi connectivity index (χ0n) is 16.2. The number of rotatable bonds is 8. The van der Waals surface area contributed by atoms with E-state index in [1.165, 1.54) is 16.4 Å². The molecule has 1 heterocycles. The molecule has 0 saturated carbocycles. The Morgan fingerprint density at radius 1 is 1.41 bits per heavy atom. The van der Waals surface area contributed by atoms with Gasteiger partial charge in [0.05, 0.1) is 22.4 Å².